The molecule has 0 N–H and O–H groups in total. The van der Waals surface area contributed by atoms with E-state index in [1.54, 1.807) is 18.5 Å². The number of hydrogen-bond donors (Lipinski definition) is 0. The van der Waals surface area contributed by atoms with Crippen LogP contribution in [0.15, 0.2) is 42.6 Å². The van der Waals surface area contributed by atoms with Crippen LogP contribution in [0.1, 0.15) is 19.3 Å². The first-order chi connectivity index (χ1) is 5.41. The average molecular weight is 149 g/mol. The Hall–Kier alpha value is -1.11. The predicted molar refractivity (Wildman–Crippen MR) is 51.9 cm³/mol. The van der Waals surface area contributed by atoms with Gasteiger partial charge in [0.25, 0.3) is 0 Å². The molecule has 0 saturated heterocycles. The SMILES string of the molecule is C=CC=N/C=C\CCCC=C. The molecule has 0 heterocycles. The van der Waals surface area contributed by atoms with Crippen LogP contribution in [0.25, 0.3) is 0 Å². The highest BCUT2D eigenvalue weighted by atomic mass is 14.6. The zero-order valence-corrected chi connectivity index (χ0v) is 6.87. The van der Waals surface area contributed by atoms with E-state index in [2.05, 4.69) is 18.2 Å². The molecular weight excluding hydrogens is 134 g/mol. The van der Waals surface area contributed by atoms with E-state index < -0.39 is 0 Å². The van der Waals surface area contributed by atoms with E-state index >= 15 is 0 Å². The third-order valence-corrected chi connectivity index (χ3v) is 1.16. The molecule has 0 spiro atoms. The van der Waals surface area contributed by atoms with Crippen molar-refractivity contribution in [2.75, 3.05) is 0 Å². The molecule has 0 aromatic carbocycles. The maximum absolute atomic E-state index is 3.94. The molecule has 60 valence electrons. The quantitative estimate of drug-likeness (QED) is 0.312. The monoisotopic (exact) mass is 149 g/mol. The molecule has 1 nitrogen and oxygen atoms in total. The van der Waals surface area contributed by atoms with Gasteiger partial charge in [0.15, 0.2) is 0 Å². The van der Waals surface area contributed by atoms with E-state index in [0.29, 0.717) is 0 Å². The fourth-order valence-electron chi connectivity index (χ4n) is 0.626. The van der Waals surface area contributed by atoms with Gasteiger partial charge in [-0.25, -0.2) is 0 Å². The lowest BCUT2D eigenvalue weighted by molar-refractivity contribution is 0.868. The Bertz CT molecular complexity index is 154. The van der Waals surface area contributed by atoms with Crippen molar-refractivity contribution in [1.82, 2.24) is 0 Å². The van der Waals surface area contributed by atoms with Gasteiger partial charge in [-0.1, -0.05) is 24.8 Å². The first-order valence-electron chi connectivity index (χ1n) is 3.82. The summed E-state index contributed by atoms with van der Waals surface area (Å²) in [5.41, 5.74) is 0. The largest absolute Gasteiger partial charge is 0.265 e. The summed E-state index contributed by atoms with van der Waals surface area (Å²) in [5.74, 6) is 0. The summed E-state index contributed by atoms with van der Waals surface area (Å²) in [6.45, 7) is 7.15. The first kappa shape index (κ1) is 9.89. The number of hydrogen-bond acceptors (Lipinski definition) is 1. The van der Waals surface area contributed by atoms with Crippen molar-refractivity contribution >= 4 is 6.21 Å². The summed E-state index contributed by atoms with van der Waals surface area (Å²) in [7, 11) is 0. The van der Waals surface area contributed by atoms with Crippen molar-refractivity contribution in [3.8, 4) is 0 Å². The van der Waals surface area contributed by atoms with E-state index in [9.17, 15) is 0 Å². The number of unbranched alkanes of at least 4 members (excludes halogenated alkanes) is 2. The van der Waals surface area contributed by atoms with Crippen LogP contribution in [-0.2, 0) is 0 Å². The molecule has 0 unspecified atom stereocenters. The minimum absolute atomic E-state index is 1.07. The van der Waals surface area contributed by atoms with Gasteiger partial charge in [0.05, 0.1) is 0 Å². The Morgan fingerprint density at radius 2 is 2.00 bits per heavy atom. The zero-order chi connectivity index (χ0) is 8.36. The molecular formula is C10H15N. The molecule has 0 aliphatic heterocycles. The Morgan fingerprint density at radius 1 is 1.18 bits per heavy atom. The van der Waals surface area contributed by atoms with E-state index in [4.69, 9.17) is 0 Å². The number of aliphatic imine (C=N–C) groups is 1. The third kappa shape index (κ3) is 8.89. The molecule has 0 fully saturated rings. The molecule has 0 aromatic rings. The normalized spacial score (nSPS) is 10.9. The van der Waals surface area contributed by atoms with Crippen molar-refractivity contribution in [3.63, 3.8) is 0 Å². The molecule has 0 atom stereocenters. The summed E-state index contributed by atoms with van der Waals surface area (Å²) < 4.78 is 0. The van der Waals surface area contributed by atoms with Crippen molar-refractivity contribution < 1.29 is 0 Å². The standard InChI is InChI=1S/C10H15N/c1-3-5-6-7-8-10-11-9-4-2/h3-4,8-10H,1-2,5-7H2/b10-8-,11-9?. The number of allylic oxidation sites excluding steroid dienone is 3. The topological polar surface area (TPSA) is 12.4 Å². The second-order valence-corrected chi connectivity index (χ2v) is 2.14. The highest BCUT2D eigenvalue weighted by Crippen LogP contribution is 1.96. The highest BCUT2D eigenvalue weighted by molar-refractivity contribution is 5.70. The van der Waals surface area contributed by atoms with Crippen molar-refractivity contribution in [3.05, 3.63) is 37.6 Å². The lowest BCUT2D eigenvalue weighted by Crippen LogP contribution is -1.67. The van der Waals surface area contributed by atoms with Gasteiger partial charge in [-0.15, -0.1) is 6.58 Å². The van der Waals surface area contributed by atoms with Crippen LogP contribution >= 0.6 is 0 Å². The van der Waals surface area contributed by atoms with Crippen molar-refractivity contribution in [2.24, 2.45) is 4.99 Å². The minimum atomic E-state index is 1.07. The van der Waals surface area contributed by atoms with Crippen LogP contribution in [0.5, 0.6) is 0 Å². The van der Waals surface area contributed by atoms with Crippen LogP contribution < -0.4 is 0 Å². The van der Waals surface area contributed by atoms with E-state index in [1.807, 2.05) is 12.2 Å². The lowest BCUT2D eigenvalue weighted by atomic mass is 10.2. The summed E-state index contributed by atoms with van der Waals surface area (Å²) >= 11 is 0. The fraction of sp³-hybridized carbons (Fsp3) is 0.300. The van der Waals surface area contributed by atoms with E-state index in [-0.39, 0.29) is 0 Å². The second kappa shape index (κ2) is 8.89. The number of rotatable bonds is 6. The molecule has 0 radical (unpaired) electrons. The smallest absolute Gasteiger partial charge is 0.0261 e. The molecule has 0 amide bonds. The maximum Gasteiger partial charge on any atom is 0.0261 e. The highest BCUT2D eigenvalue weighted by Gasteiger charge is 1.76. The number of nitrogens with zero attached hydrogens (tertiary/aromatic N) is 1. The van der Waals surface area contributed by atoms with Crippen molar-refractivity contribution in [2.45, 2.75) is 19.3 Å². The molecule has 0 aliphatic carbocycles. The van der Waals surface area contributed by atoms with Gasteiger partial charge in [-0.2, -0.15) is 0 Å². The van der Waals surface area contributed by atoms with Crippen LogP contribution in [0.2, 0.25) is 0 Å². The summed E-state index contributed by atoms with van der Waals surface area (Å²) in [6.07, 6.45) is 12.4. The van der Waals surface area contributed by atoms with E-state index in [1.165, 1.54) is 0 Å². The van der Waals surface area contributed by atoms with Crippen LogP contribution in [0.4, 0.5) is 0 Å². The third-order valence-electron chi connectivity index (χ3n) is 1.16. The van der Waals surface area contributed by atoms with Crippen LogP contribution in [-0.4, -0.2) is 6.21 Å². The molecule has 0 aliphatic rings. The van der Waals surface area contributed by atoms with Crippen LogP contribution in [0, 0.1) is 0 Å². The predicted octanol–water partition coefficient (Wildman–Crippen LogP) is 3.11. The molecule has 0 rings (SSSR count). The first-order valence-corrected chi connectivity index (χ1v) is 3.82. The van der Waals surface area contributed by atoms with Gasteiger partial charge in [-0.3, -0.25) is 4.99 Å². The Labute approximate surface area is 68.9 Å². The van der Waals surface area contributed by atoms with Gasteiger partial charge in [0, 0.05) is 12.4 Å². The van der Waals surface area contributed by atoms with Crippen LogP contribution in [0.3, 0.4) is 0 Å². The molecule has 0 bridgehead atoms. The molecule has 0 saturated carbocycles. The molecule has 11 heavy (non-hydrogen) atoms. The van der Waals surface area contributed by atoms with Gasteiger partial charge >= 0.3 is 0 Å². The molecule has 1 heteroatoms. The van der Waals surface area contributed by atoms with Gasteiger partial charge in [0.1, 0.15) is 0 Å². The van der Waals surface area contributed by atoms with E-state index in [0.717, 1.165) is 19.3 Å². The zero-order valence-electron chi connectivity index (χ0n) is 6.87. The van der Waals surface area contributed by atoms with Gasteiger partial charge < -0.3 is 0 Å². The van der Waals surface area contributed by atoms with Gasteiger partial charge in [-0.05, 0) is 19.3 Å². The lowest BCUT2D eigenvalue weighted by Gasteiger charge is -1.86. The summed E-state index contributed by atoms with van der Waals surface area (Å²) in [5, 5.41) is 0. The Balaban J connectivity index is 3.22. The summed E-state index contributed by atoms with van der Waals surface area (Å²) in [4.78, 5) is 3.94. The maximum atomic E-state index is 3.94. The minimum Gasteiger partial charge on any atom is -0.265 e. The van der Waals surface area contributed by atoms with Crippen molar-refractivity contribution in [1.29, 1.82) is 0 Å². The Morgan fingerprint density at radius 3 is 2.64 bits per heavy atom. The second-order valence-electron chi connectivity index (χ2n) is 2.14. The Kier molecular flexibility index (Phi) is 7.99. The van der Waals surface area contributed by atoms with Gasteiger partial charge in [0.2, 0.25) is 0 Å². The average Bonchev–Trinajstić information content (AvgIpc) is 2.03. The molecule has 0 aromatic heterocycles. The fourth-order valence-corrected chi connectivity index (χ4v) is 0.626. The summed E-state index contributed by atoms with van der Waals surface area (Å²) in [6, 6.07) is 0.